The zero-order valence-corrected chi connectivity index (χ0v) is 15.7. The Morgan fingerprint density at radius 1 is 1.18 bits per heavy atom. The maximum Gasteiger partial charge on any atom is 0.192 e. The number of nitrogens with one attached hydrogen (secondary N) is 1. The van der Waals surface area contributed by atoms with Crippen LogP contribution in [0, 0.1) is 0 Å². The fourth-order valence-electron chi connectivity index (χ4n) is 2.48. The molecule has 0 bridgehead atoms. The van der Waals surface area contributed by atoms with E-state index in [1.165, 1.54) is 5.56 Å². The molecule has 1 fully saturated rings. The van der Waals surface area contributed by atoms with Gasteiger partial charge in [0.2, 0.25) is 0 Å². The average Bonchev–Trinajstić information content (AvgIpc) is 2.85. The highest BCUT2D eigenvalue weighted by molar-refractivity contribution is 6.74. The van der Waals surface area contributed by atoms with Crippen LogP contribution in [0.5, 0.6) is 0 Å². The number of hydrogen-bond acceptors (Lipinski definition) is 3. The molecule has 2 atom stereocenters. The number of benzene rings is 1. The molecule has 1 N–H and O–H groups in total. The van der Waals surface area contributed by atoms with Crippen LogP contribution in [-0.2, 0) is 15.8 Å². The van der Waals surface area contributed by atoms with E-state index in [9.17, 15) is 0 Å². The second-order valence-electron chi connectivity index (χ2n) is 7.77. The Morgan fingerprint density at radius 3 is 2.50 bits per heavy atom. The van der Waals surface area contributed by atoms with Crippen molar-refractivity contribution in [3.05, 3.63) is 35.9 Å². The molecule has 3 nitrogen and oxygen atoms in total. The summed E-state index contributed by atoms with van der Waals surface area (Å²) < 4.78 is 12.5. The number of ether oxygens (including phenoxy) is 1. The van der Waals surface area contributed by atoms with Gasteiger partial charge in [-0.05, 0) is 36.7 Å². The van der Waals surface area contributed by atoms with Gasteiger partial charge in [-0.3, -0.25) is 0 Å². The highest BCUT2D eigenvalue weighted by Gasteiger charge is 2.41. The van der Waals surface area contributed by atoms with Gasteiger partial charge in [0.15, 0.2) is 8.32 Å². The standard InChI is InChI=1S/C18H31NO2Si/c1-18(2,3)22(4,5)21-17-11-12-19-16(17)14-20-13-15-9-7-6-8-10-15/h6-10,16-17,19H,11-14H2,1-5H3/t16-,17-/m1/s1. The van der Waals surface area contributed by atoms with Crippen LogP contribution < -0.4 is 5.32 Å². The fraction of sp³-hybridized carbons (Fsp3) is 0.667. The van der Waals surface area contributed by atoms with Gasteiger partial charge >= 0.3 is 0 Å². The third-order valence-corrected chi connectivity index (χ3v) is 9.45. The minimum Gasteiger partial charge on any atom is -0.412 e. The van der Waals surface area contributed by atoms with Gasteiger partial charge in [-0.15, -0.1) is 0 Å². The Balaban J connectivity index is 1.83. The minimum atomic E-state index is -1.71. The summed E-state index contributed by atoms with van der Waals surface area (Å²) in [6, 6.07) is 10.7. The fourth-order valence-corrected chi connectivity index (χ4v) is 3.88. The maximum absolute atomic E-state index is 6.57. The summed E-state index contributed by atoms with van der Waals surface area (Å²) in [5, 5.41) is 3.79. The summed E-state index contributed by atoms with van der Waals surface area (Å²) in [5.41, 5.74) is 1.22. The van der Waals surface area contributed by atoms with Gasteiger partial charge in [-0.25, -0.2) is 0 Å². The third-order valence-electron chi connectivity index (χ3n) is 4.95. The highest BCUT2D eigenvalue weighted by atomic mass is 28.4. The molecule has 0 aliphatic carbocycles. The average molecular weight is 322 g/mol. The van der Waals surface area contributed by atoms with Gasteiger partial charge in [-0.1, -0.05) is 51.1 Å². The lowest BCUT2D eigenvalue weighted by atomic mass is 10.2. The van der Waals surface area contributed by atoms with Crippen molar-refractivity contribution in [2.45, 2.75) is 64.1 Å². The molecule has 1 aromatic carbocycles. The topological polar surface area (TPSA) is 30.5 Å². The zero-order valence-electron chi connectivity index (χ0n) is 14.7. The lowest BCUT2D eigenvalue weighted by Crippen LogP contribution is -2.48. The number of rotatable bonds is 6. The maximum atomic E-state index is 6.57. The van der Waals surface area contributed by atoms with Crippen LogP contribution >= 0.6 is 0 Å². The minimum absolute atomic E-state index is 0.255. The van der Waals surface area contributed by atoms with Crippen molar-refractivity contribution in [2.24, 2.45) is 0 Å². The molecule has 22 heavy (non-hydrogen) atoms. The van der Waals surface area contributed by atoms with Crippen LogP contribution in [0.2, 0.25) is 18.1 Å². The molecule has 0 amide bonds. The normalized spacial score (nSPS) is 23.0. The first-order valence-corrected chi connectivity index (χ1v) is 11.2. The number of hydrogen-bond donors (Lipinski definition) is 1. The molecule has 1 aromatic rings. The largest absolute Gasteiger partial charge is 0.412 e. The molecule has 4 heteroatoms. The van der Waals surface area contributed by atoms with Crippen LogP contribution in [0.3, 0.4) is 0 Å². The van der Waals surface area contributed by atoms with E-state index in [0.29, 0.717) is 19.3 Å². The van der Waals surface area contributed by atoms with Gasteiger partial charge in [0, 0.05) is 0 Å². The van der Waals surface area contributed by atoms with Gasteiger partial charge < -0.3 is 14.5 Å². The molecule has 1 saturated heterocycles. The Bertz CT molecular complexity index is 456. The second-order valence-corrected chi connectivity index (χ2v) is 12.5. The van der Waals surface area contributed by atoms with Gasteiger partial charge in [0.1, 0.15) is 0 Å². The molecule has 0 saturated carbocycles. The summed E-state index contributed by atoms with van der Waals surface area (Å²) in [7, 11) is -1.71. The lowest BCUT2D eigenvalue weighted by Gasteiger charge is -2.39. The van der Waals surface area contributed by atoms with Gasteiger partial charge in [-0.2, -0.15) is 0 Å². The molecule has 1 heterocycles. The predicted octanol–water partition coefficient (Wildman–Crippen LogP) is 3.96. The van der Waals surface area contributed by atoms with Gasteiger partial charge in [0.25, 0.3) is 0 Å². The van der Waals surface area contributed by atoms with Crippen molar-refractivity contribution in [1.82, 2.24) is 5.32 Å². The molecular weight excluding hydrogens is 290 g/mol. The first-order valence-electron chi connectivity index (χ1n) is 8.32. The lowest BCUT2D eigenvalue weighted by molar-refractivity contribution is 0.0641. The van der Waals surface area contributed by atoms with E-state index in [2.05, 4.69) is 63.4 Å². The molecule has 1 aliphatic rings. The van der Waals surface area contributed by atoms with E-state index >= 15 is 0 Å². The third kappa shape index (κ3) is 4.65. The Hall–Kier alpha value is -0.683. The quantitative estimate of drug-likeness (QED) is 0.805. The van der Waals surface area contributed by atoms with E-state index in [4.69, 9.17) is 9.16 Å². The monoisotopic (exact) mass is 321 g/mol. The molecule has 0 aromatic heterocycles. The van der Waals surface area contributed by atoms with Crippen LogP contribution in [0.4, 0.5) is 0 Å². The van der Waals surface area contributed by atoms with Crippen molar-refractivity contribution in [3.8, 4) is 0 Å². The van der Waals surface area contributed by atoms with E-state index in [1.807, 2.05) is 6.07 Å². The SMILES string of the molecule is CC(C)(C)[Si](C)(C)O[C@@H]1CCN[C@@H]1COCc1ccccc1. The van der Waals surface area contributed by atoms with Crippen molar-refractivity contribution in [3.63, 3.8) is 0 Å². The molecule has 0 radical (unpaired) electrons. The molecule has 2 rings (SSSR count). The molecule has 124 valence electrons. The van der Waals surface area contributed by atoms with Crippen LogP contribution in [-0.4, -0.2) is 33.6 Å². The first-order chi connectivity index (χ1) is 10.3. The summed E-state index contributed by atoms with van der Waals surface area (Å²) in [5.74, 6) is 0. The van der Waals surface area contributed by atoms with Crippen molar-refractivity contribution < 1.29 is 9.16 Å². The molecule has 1 aliphatic heterocycles. The summed E-state index contributed by atoms with van der Waals surface area (Å²) in [6.45, 7) is 14.0. The van der Waals surface area contributed by atoms with Crippen LogP contribution in [0.1, 0.15) is 32.8 Å². The van der Waals surface area contributed by atoms with E-state index in [0.717, 1.165) is 13.0 Å². The smallest absolute Gasteiger partial charge is 0.192 e. The predicted molar refractivity (Wildman–Crippen MR) is 94.6 cm³/mol. The van der Waals surface area contributed by atoms with E-state index in [1.54, 1.807) is 0 Å². The molecule has 0 unspecified atom stereocenters. The van der Waals surface area contributed by atoms with Crippen LogP contribution in [0.15, 0.2) is 30.3 Å². The zero-order chi connectivity index (χ0) is 16.2. The Kier molecular flexibility index (Phi) is 5.83. The summed E-state index contributed by atoms with van der Waals surface area (Å²) in [4.78, 5) is 0. The summed E-state index contributed by atoms with van der Waals surface area (Å²) in [6.07, 6.45) is 1.38. The molecule has 0 spiro atoms. The van der Waals surface area contributed by atoms with Crippen molar-refractivity contribution in [2.75, 3.05) is 13.2 Å². The molecular formula is C18H31NO2Si. The highest BCUT2D eigenvalue weighted by Crippen LogP contribution is 2.38. The van der Waals surface area contributed by atoms with Crippen molar-refractivity contribution >= 4 is 8.32 Å². The van der Waals surface area contributed by atoms with E-state index < -0.39 is 8.32 Å². The Morgan fingerprint density at radius 2 is 1.86 bits per heavy atom. The second kappa shape index (κ2) is 7.26. The van der Waals surface area contributed by atoms with Crippen molar-refractivity contribution in [1.29, 1.82) is 0 Å². The Labute approximate surface area is 136 Å². The summed E-state index contributed by atoms with van der Waals surface area (Å²) >= 11 is 0. The first kappa shape index (κ1) is 17.7. The van der Waals surface area contributed by atoms with Crippen LogP contribution in [0.25, 0.3) is 0 Å². The van der Waals surface area contributed by atoms with Gasteiger partial charge in [0.05, 0.1) is 25.4 Å². The van der Waals surface area contributed by atoms with E-state index in [-0.39, 0.29) is 11.1 Å².